The Kier molecular flexibility index (Phi) is 8.62. The van der Waals surface area contributed by atoms with Crippen molar-refractivity contribution < 1.29 is 9.84 Å². The lowest BCUT2D eigenvalue weighted by Gasteiger charge is -2.16. The zero-order chi connectivity index (χ0) is 15.5. The first-order chi connectivity index (χ1) is 10.2. The molecule has 0 aliphatic carbocycles. The molecule has 1 atom stereocenters. The van der Waals surface area contributed by atoms with Gasteiger partial charge in [-0.3, -0.25) is 0 Å². The molecule has 0 aromatic heterocycles. The Morgan fingerprint density at radius 1 is 1.29 bits per heavy atom. The molecule has 0 aliphatic rings. The van der Waals surface area contributed by atoms with Crippen LogP contribution in [0.4, 0.5) is 0 Å². The maximum absolute atomic E-state index is 8.82. The molecule has 0 amide bonds. The Hall–Kier alpha value is -1.46. The summed E-state index contributed by atoms with van der Waals surface area (Å²) in [5, 5.41) is 8.82. The summed E-state index contributed by atoms with van der Waals surface area (Å²) in [5.41, 5.74) is 2.10. The Balaban J connectivity index is 2.71. The van der Waals surface area contributed by atoms with Gasteiger partial charge in [0.25, 0.3) is 0 Å². The normalized spacial score (nSPS) is 11.6. The molecule has 0 aliphatic heterocycles. The summed E-state index contributed by atoms with van der Waals surface area (Å²) in [4.78, 5) is 0. The van der Waals surface area contributed by atoms with Crippen molar-refractivity contribution in [2.24, 2.45) is 5.92 Å². The number of unbranched alkanes of at least 4 members (excludes halogenated alkanes) is 1. The first-order valence-corrected chi connectivity index (χ1v) is 8.04. The van der Waals surface area contributed by atoms with Crippen molar-refractivity contribution in [3.63, 3.8) is 0 Å². The molecule has 1 rings (SSSR count). The van der Waals surface area contributed by atoms with E-state index in [-0.39, 0.29) is 6.61 Å². The van der Waals surface area contributed by atoms with Gasteiger partial charge in [-0.15, -0.1) is 0 Å². The van der Waals surface area contributed by atoms with E-state index in [1.54, 1.807) is 0 Å². The van der Waals surface area contributed by atoms with Crippen LogP contribution in [-0.4, -0.2) is 18.3 Å². The van der Waals surface area contributed by atoms with E-state index in [9.17, 15) is 0 Å². The van der Waals surface area contributed by atoms with Gasteiger partial charge >= 0.3 is 0 Å². The maximum atomic E-state index is 8.82. The summed E-state index contributed by atoms with van der Waals surface area (Å²) in [6.45, 7) is 7.36. The van der Waals surface area contributed by atoms with Crippen molar-refractivity contribution in [1.82, 2.24) is 0 Å². The molecule has 0 radical (unpaired) electrons. The minimum atomic E-state index is 0.101. The highest BCUT2D eigenvalue weighted by Crippen LogP contribution is 2.21. The Morgan fingerprint density at radius 2 is 2.10 bits per heavy atom. The SMILES string of the molecule is CCCCC(CC)COc1ccc(C)cc1C#CCCO. The van der Waals surface area contributed by atoms with Crippen LogP contribution in [0.2, 0.25) is 0 Å². The Bertz CT molecular complexity index is 468. The second-order valence-corrected chi connectivity index (χ2v) is 5.50. The van der Waals surface area contributed by atoms with Gasteiger partial charge in [0.1, 0.15) is 5.75 Å². The van der Waals surface area contributed by atoms with Crippen LogP contribution in [-0.2, 0) is 0 Å². The highest BCUT2D eigenvalue weighted by Gasteiger charge is 2.08. The van der Waals surface area contributed by atoms with Gasteiger partial charge in [-0.25, -0.2) is 0 Å². The number of rotatable bonds is 8. The van der Waals surface area contributed by atoms with Gasteiger partial charge in [-0.05, 0) is 37.0 Å². The van der Waals surface area contributed by atoms with Crippen LogP contribution in [0.25, 0.3) is 0 Å². The fourth-order valence-corrected chi connectivity index (χ4v) is 2.19. The minimum absolute atomic E-state index is 0.101. The lowest BCUT2D eigenvalue weighted by Crippen LogP contribution is -2.11. The van der Waals surface area contributed by atoms with E-state index in [4.69, 9.17) is 9.84 Å². The van der Waals surface area contributed by atoms with Gasteiger partial charge in [0, 0.05) is 6.42 Å². The average Bonchev–Trinajstić information content (AvgIpc) is 2.49. The Morgan fingerprint density at radius 3 is 2.76 bits per heavy atom. The van der Waals surface area contributed by atoms with Crippen molar-refractivity contribution in [3.8, 4) is 17.6 Å². The first-order valence-electron chi connectivity index (χ1n) is 8.04. The second kappa shape index (κ2) is 10.3. The van der Waals surface area contributed by atoms with Gasteiger partial charge in [0.15, 0.2) is 0 Å². The molecule has 1 unspecified atom stereocenters. The summed E-state index contributed by atoms with van der Waals surface area (Å²) in [6, 6.07) is 6.11. The molecular formula is C19H28O2. The van der Waals surface area contributed by atoms with Crippen LogP contribution >= 0.6 is 0 Å². The molecule has 1 aromatic carbocycles. The van der Waals surface area contributed by atoms with Crippen molar-refractivity contribution in [1.29, 1.82) is 0 Å². The molecule has 1 N–H and O–H groups in total. The van der Waals surface area contributed by atoms with E-state index in [1.807, 2.05) is 12.1 Å². The van der Waals surface area contributed by atoms with E-state index < -0.39 is 0 Å². The first kappa shape index (κ1) is 17.6. The highest BCUT2D eigenvalue weighted by atomic mass is 16.5. The monoisotopic (exact) mass is 288 g/mol. The predicted octanol–water partition coefficient (Wildman–Crippen LogP) is 4.32. The summed E-state index contributed by atoms with van der Waals surface area (Å²) in [5.74, 6) is 7.56. The number of aliphatic hydroxyl groups excluding tert-OH is 1. The molecule has 2 heteroatoms. The van der Waals surface area contributed by atoms with E-state index in [0.717, 1.165) is 24.3 Å². The standard InChI is InChI=1S/C19H28O2/c1-4-6-9-17(5-2)15-21-19-12-11-16(3)14-18(19)10-7-8-13-20/h11-12,14,17,20H,4-6,8-9,13,15H2,1-3H3. The second-order valence-electron chi connectivity index (χ2n) is 5.50. The number of benzene rings is 1. The molecule has 0 bridgehead atoms. The number of ether oxygens (including phenoxy) is 1. The zero-order valence-electron chi connectivity index (χ0n) is 13.6. The largest absolute Gasteiger partial charge is 0.492 e. The van der Waals surface area contributed by atoms with Gasteiger partial charge in [-0.2, -0.15) is 0 Å². The Labute approximate surface area is 129 Å². The average molecular weight is 288 g/mol. The molecule has 2 nitrogen and oxygen atoms in total. The number of aliphatic hydroxyl groups is 1. The summed E-state index contributed by atoms with van der Waals surface area (Å²) in [7, 11) is 0. The lowest BCUT2D eigenvalue weighted by atomic mass is 10.0. The number of aryl methyl sites for hydroxylation is 1. The van der Waals surface area contributed by atoms with Crippen molar-refractivity contribution in [2.45, 2.75) is 52.9 Å². The fraction of sp³-hybridized carbons (Fsp3) is 0.579. The quantitative estimate of drug-likeness (QED) is 0.722. The topological polar surface area (TPSA) is 29.5 Å². The molecular weight excluding hydrogens is 260 g/mol. The van der Waals surface area contributed by atoms with Crippen molar-refractivity contribution >= 4 is 0 Å². The zero-order valence-corrected chi connectivity index (χ0v) is 13.6. The molecule has 0 saturated heterocycles. The summed E-state index contributed by atoms with van der Waals surface area (Å²) in [6.07, 6.45) is 5.38. The van der Waals surface area contributed by atoms with Crippen LogP contribution in [0, 0.1) is 24.7 Å². The number of hydrogen-bond acceptors (Lipinski definition) is 2. The fourth-order valence-electron chi connectivity index (χ4n) is 2.19. The van der Waals surface area contributed by atoms with E-state index in [2.05, 4.69) is 38.7 Å². The third-order valence-electron chi connectivity index (χ3n) is 3.61. The van der Waals surface area contributed by atoms with Crippen LogP contribution in [0.1, 0.15) is 57.1 Å². The highest BCUT2D eigenvalue weighted by molar-refractivity contribution is 5.48. The molecule has 116 valence electrons. The molecule has 21 heavy (non-hydrogen) atoms. The minimum Gasteiger partial charge on any atom is -0.492 e. The van der Waals surface area contributed by atoms with Crippen molar-refractivity contribution in [2.75, 3.05) is 13.2 Å². The lowest BCUT2D eigenvalue weighted by molar-refractivity contribution is 0.233. The van der Waals surface area contributed by atoms with E-state index in [1.165, 1.54) is 24.8 Å². The van der Waals surface area contributed by atoms with Gasteiger partial charge < -0.3 is 9.84 Å². The van der Waals surface area contributed by atoms with E-state index in [0.29, 0.717) is 12.3 Å². The molecule has 0 saturated carbocycles. The van der Waals surface area contributed by atoms with E-state index >= 15 is 0 Å². The maximum Gasteiger partial charge on any atom is 0.134 e. The van der Waals surface area contributed by atoms with Crippen LogP contribution in [0.5, 0.6) is 5.75 Å². The molecule has 0 fully saturated rings. The van der Waals surface area contributed by atoms with Crippen molar-refractivity contribution in [3.05, 3.63) is 29.3 Å². The van der Waals surface area contributed by atoms with Gasteiger partial charge in [-0.1, -0.05) is 51.0 Å². The molecule has 0 spiro atoms. The third-order valence-corrected chi connectivity index (χ3v) is 3.61. The van der Waals surface area contributed by atoms with Gasteiger partial charge in [0.05, 0.1) is 18.8 Å². The summed E-state index contributed by atoms with van der Waals surface area (Å²) < 4.78 is 6.01. The molecule has 1 aromatic rings. The molecule has 0 heterocycles. The summed E-state index contributed by atoms with van der Waals surface area (Å²) >= 11 is 0. The smallest absolute Gasteiger partial charge is 0.134 e. The van der Waals surface area contributed by atoms with Crippen LogP contribution < -0.4 is 4.74 Å². The van der Waals surface area contributed by atoms with Crippen LogP contribution in [0.15, 0.2) is 18.2 Å². The number of hydrogen-bond donors (Lipinski definition) is 1. The third kappa shape index (κ3) is 6.69. The van der Waals surface area contributed by atoms with Gasteiger partial charge in [0.2, 0.25) is 0 Å². The predicted molar refractivity (Wildman–Crippen MR) is 88.6 cm³/mol. The van der Waals surface area contributed by atoms with Crippen LogP contribution in [0.3, 0.4) is 0 Å².